The molecule has 204 valence electrons. The molecule has 4 aromatic rings. The van der Waals surface area contributed by atoms with Crippen LogP contribution in [0.4, 0.5) is 19.0 Å². The van der Waals surface area contributed by atoms with Crippen molar-refractivity contribution >= 4 is 5.82 Å². The highest BCUT2D eigenvalue weighted by atomic mass is 19.4. The van der Waals surface area contributed by atoms with Crippen LogP contribution in [0, 0.1) is 0 Å². The van der Waals surface area contributed by atoms with Gasteiger partial charge in [0.25, 0.3) is 0 Å². The Kier molecular flexibility index (Phi) is 7.20. The van der Waals surface area contributed by atoms with Crippen LogP contribution < -0.4 is 5.32 Å². The van der Waals surface area contributed by atoms with Gasteiger partial charge in [-0.1, -0.05) is 62.4 Å². The average Bonchev–Trinajstić information content (AvgIpc) is 3.52. The number of aromatic nitrogens is 4. The number of alkyl halides is 3. The monoisotopic (exact) mass is 535 g/mol. The van der Waals surface area contributed by atoms with Crippen molar-refractivity contribution in [1.29, 1.82) is 0 Å². The van der Waals surface area contributed by atoms with E-state index in [1.807, 2.05) is 44.2 Å². The molecule has 1 atom stereocenters. The largest absolute Gasteiger partial charge is 0.434 e. The zero-order valence-electron chi connectivity index (χ0n) is 22.4. The fourth-order valence-corrected chi connectivity index (χ4v) is 5.01. The second kappa shape index (κ2) is 10.4. The molecule has 1 unspecified atom stereocenters. The van der Waals surface area contributed by atoms with E-state index in [1.54, 1.807) is 16.7 Å². The van der Waals surface area contributed by atoms with Crippen LogP contribution in [-0.4, -0.2) is 24.6 Å². The summed E-state index contributed by atoms with van der Waals surface area (Å²) in [7, 11) is 0. The van der Waals surface area contributed by atoms with Crippen molar-refractivity contribution in [1.82, 2.24) is 19.5 Å². The summed E-state index contributed by atoms with van der Waals surface area (Å²) in [6, 6.07) is 15.2. The lowest BCUT2D eigenvalue weighted by molar-refractivity contribution is -0.140. The molecule has 2 heterocycles. The van der Waals surface area contributed by atoms with Crippen molar-refractivity contribution in [3.05, 3.63) is 82.8 Å². The van der Waals surface area contributed by atoms with Crippen LogP contribution >= 0.6 is 0 Å². The van der Waals surface area contributed by atoms with Crippen LogP contribution in [0.25, 0.3) is 22.8 Å². The second-order valence-electron chi connectivity index (χ2n) is 10.6. The first-order valence-electron chi connectivity index (χ1n) is 13.2. The van der Waals surface area contributed by atoms with Crippen molar-refractivity contribution in [2.45, 2.75) is 71.3 Å². The minimum Gasteiger partial charge on any atom is -0.387 e. The van der Waals surface area contributed by atoms with Crippen molar-refractivity contribution in [3.8, 4) is 22.8 Å². The molecule has 0 amide bonds. The maximum atomic E-state index is 13.3. The van der Waals surface area contributed by atoms with Gasteiger partial charge in [-0.25, -0.2) is 15.0 Å². The Morgan fingerprint density at radius 3 is 2.38 bits per heavy atom. The minimum atomic E-state index is -4.50. The Morgan fingerprint density at radius 1 is 1.00 bits per heavy atom. The van der Waals surface area contributed by atoms with E-state index < -0.39 is 18.0 Å². The number of benzene rings is 2. The quantitative estimate of drug-likeness (QED) is 0.259. The molecule has 2 aromatic heterocycles. The summed E-state index contributed by atoms with van der Waals surface area (Å²) in [5.74, 6) is 1.85. The van der Waals surface area contributed by atoms with Gasteiger partial charge < -0.3 is 15.0 Å². The lowest BCUT2D eigenvalue weighted by Gasteiger charge is -2.16. The number of imidazole rings is 1. The van der Waals surface area contributed by atoms with E-state index in [2.05, 4.69) is 30.2 Å². The molecule has 0 aliphatic heterocycles. The fourth-order valence-electron chi connectivity index (χ4n) is 5.01. The van der Waals surface area contributed by atoms with Crippen molar-refractivity contribution in [3.63, 3.8) is 0 Å². The van der Waals surface area contributed by atoms with E-state index in [9.17, 15) is 18.3 Å². The summed E-state index contributed by atoms with van der Waals surface area (Å²) in [6.45, 7) is 8.36. The van der Waals surface area contributed by atoms with Gasteiger partial charge in [-0.15, -0.1) is 0 Å². The van der Waals surface area contributed by atoms with Gasteiger partial charge >= 0.3 is 6.18 Å². The first-order chi connectivity index (χ1) is 18.5. The number of nitrogens with one attached hydrogen (secondary N) is 1. The maximum absolute atomic E-state index is 13.3. The molecule has 39 heavy (non-hydrogen) atoms. The number of aliphatic hydroxyl groups excluding tert-OH is 1. The number of anilines is 1. The Hall–Kier alpha value is -3.72. The first-order valence-corrected chi connectivity index (χ1v) is 13.2. The number of rotatable bonds is 7. The van der Waals surface area contributed by atoms with Gasteiger partial charge in [-0.3, -0.25) is 0 Å². The summed E-state index contributed by atoms with van der Waals surface area (Å²) in [4.78, 5) is 13.5. The number of hydrogen-bond acceptors (Lipinski definition) is 5. The molecule has 0 bridgehead atoms. The minimum absolute atomic E-state index is 0.171. The van der Waals surface area contributed by atoms with Crippen LogP contribution in [0.5, 0.6) is 0 Å². The summed E-state index contributed by atoms with van der Waals surface area (Å²) in [6.07, 6.45) is -2.78. The third kappa shape index (κ3) is 5.41. The van der Waals surface area contributed by atoms with Gasteiger partial charge in [-0.05, 0) is 43.7 Å². The summed E-state index contributed by atoms with van der Waals surface area (Å²) in [5, 5.41) is 14.0. The molecule has 0 fully saturated rings. The zero-order chi connectivity index (χ0) is 27.9. The summed E-state index contributed by atoms with van der Waals surface area (Å²) >= 11 is 0. The van der Waals surface area contributed by atoms with E-state index >= 15 is 0 Å². The SMILES string of the molecule is CC(C)c1ccccc1-c1nc(NCc2ccc(-c3nc(C(F)(F)F)cn3C(C)C)cc2)c2c(n1)C(O)CC2. The lowest BCUT2D eigenvalue weighted by Crippen LogP contribution is -2.09. The molecule has 1 aliphatic carbocycles. The smallest absolute Gasteiger partial charge is 0.387 e. The molecule has 2 N–H and O–H groups in total. The second-order valence-corrected chi connectivity index (χ2v) is 10.6. The Morgan fingerprint density at radius 2 is 1.72 bits per heavy atom. The number of halogens is 3. The molecule has 1 aliphatic rings. The zero-order valence-corrected chi connectivity index (χ0v) is 22.4. The lowest BCUT2D eigenvalue weighted by atomic mass is 9.96. The van der Waals surface area contributed by atoms with Crippen LogP contribution in [0.15, 0.2) is 54.7 Å². The Labute approximate surface area is 226 Å². The fraction of sp³-hybridized carbons (Fsp3) is 0.367. The molecule has 9 heteroatoms. The predicted molar refractivity (Wildman–Crippen MR) is 145 cm³/mol. The highest BCUT2D eigenvalue weighted by molar-refractivity contribution is 5.65. The van der Waals surface area contributed by atoms with E-state index in [0.29, 0.717) is 42.3 Å². The Bertz CT molecular complexity index is 1480. The third-order valence-corrected chi connectivity index (χ3v) is 7.10. The highest BCUT2D eigenvalue weighted by Crippen LogP contribution is 2.37. The first kappa shape index (κ1) is 26.9. The van der Waals surface area contributed by atoms with E-state index in [1.165, 1.54) is 0 Å². The molecule has 0 spiro atoms. The van der Waals surface area contributed by atoms with E-state index in [-0.39, 0.29) is 17.8 Å². The molecular formula is C30H32F3N5O. The van der Waals surface area contributed by atoms with Gasteiger partial charge in [0, 0.05) is 35.5 Å². The number of nitrogens with zero attached hydrogens (tertiary/aromatic N) is 4. The number of hydrogen-bond donors (Lipinski definition) is 2. The molecule has 2 aromatic carbocycles. The Balaban J connectivity index is 1.42. The van der Waals surface area contributed by atoms with Crippen LogP contribution in [-0.2, 0) is 19.1 Å². The van der Waals surface area contributed by atoms with Gasteiger partial charge in [0.05, 0.1) is 11.8 Å². The van der Waals surface area contributed by atoms with Crippen molar-refractivity contribution < 1.29 is 18.3 Å². The molecule has 6 nitrogen and oxygen atoms in total. The third-order valence-electron chi connectivity index (χ3n) is 7.10. The van der Waals surface area contributed by atoms with Crippen molar-refractivity contribution in [2.24, 2.45) is 0 Å². The van der Waals surface area contributed by atoms with Gasteiger partial charge in [0.2, 0.25) is 0 Å². The van der Waals surface area contributed by atoms with Gasteiger partial charge in [0.1, 0.15) is 11.6 Å². The average molecular weight is 536 g/mol. The molecular weight excluding hydrogens is 503 g/mol. The van der Waals surface area contributed by atoms with Gasteiger partial charge in [0.15, 0.2) is 11.5 Å². The normalized spacial score (nSPS) is 15.3. The highest BCUT2D eigenvalue weighted by Gasteiger charge is 2.35. The molecule has 0 saturated carbocycles. The van der Waals surface area contributed by atoms with E-state index in [0.717, 1.165) is 28.5 Å². The van der Waals surface area contributed by atoms with Gasteiger partial charge in [-0.2, -0.15) is 13.2 Å². The van der Waals surface area contributed by atoms with Crippen LogP contribution in [0.1, 0.15) is 80.3 Å². The number of fused-ring (bicyclic) bond motifs is 1. The van der Waals surface area contributed by atoms with Crippen LogP contribution in [0.2, 0.25) is 0 Å². The van der Waals surface area contributed by atoms with Crippen molar-refractivity contribution in [2.75, 3.05) is 5.32 Å². The molecule has 0 saturated heterocycles. The molecule has 0 radical (unpaired) electrons. The summed E-state index contributed by atoms with van der Waals surface area (Å²) < 4.78 is 41.4. The number of aliphatic hydroxyl groups is 1. The summed E-state index contributed by atoms with van der Waals surface area (Å²) in [5.41, 5.74) is 4.32. The van der Waals surface area contributed by atoms with E-state index in [4.69, 9.17) is 9.97 Å². The maximum Gasteiger partial charge on any atom is 0.434 e. The van der Waals surface area contributed by atoms with Crippen LogP contribution in [0.3, 0.4) is 0 Å². The topological polar surface area (TPSA) is 75.9 Å². The predicted octanol–water partition coefficient (Wildman–Crippen LogP) is 7.32. The molecule has 5 rings (SSSR count). The standard InChI is InChI=1S/C30H32F3N5O/c1-17(2)21-7-5-6-8-22(21)28-36-26-23(13-14-24(26)39)27(37-28)34-15-19-9-11-20(12-10-19)29-35-25(30(31,32)33)16-38(29)18(3)4/h5-12,16-18,24,39H,13-15H2,1-4H3,(H,34,36,37).